The number of carbonyl (C=O) groups is 1. The predicted molar refractivity (Wildman–Crippen MR) is 93.4 cm³/mol. The van der Waals surface area contributed by atoms with Crippen molar-refractivity contribution in [1.29, 1.82) is 5.26 Å². The second kappa shape index (κ2) is 6.72. The van der Waals surface area contributed by atoms with E-state index < -0.39 is 29.6 Å². The minimum atomic E-state index is -4.62. The number of nitrogens with one attached hydrogen (secondary N) is 2. The van der Waals surface area contributed by atoms with Crippen LogP contribution in [0.5, 0.6) is 0 Å². The molecule has 1 unspecified atom stereocenters. The van der Waals surface area contributed by atoms with Gasteiger partial charge in [0.25, 0.3) is 0 Å². The third kappa shape index (κ3) is 3.46. The van der Waals surface area contributed by atoms with Crippen LogP contribution in [0.2, 0.25) is 0 Å². The van der Waals surface area contributed by atoms with Crippen molar-refractivity contribution < 1.29 is 22.7 Å². The molecule has 6 nitrogen and oxygen atoms in total. The molecule has 0 aromatic heterocycles. The molecule has 0 amide bonds. The Kier molecular flexibility index (Phi) is 4.57. The fourth-order valence-electron chi connectivity index (χ4n) is 2.85. The van der Waals surface area contributed by atoms with Crippen LogP contribution in [-0.4, -0.2) is 26.4 Å². The lowest BCUT2D eigenvalue weighted by Crippen LogP contribution is -2.39. The molecular formula is C18H15F3N4O2. The molecule has 2 N–H and O–H groups in total. The van der Waals surface area contributed by atoms with Gasteiger partial charge in [-0.1, -0.05) is 6.07 Å². The first kappa shape index (κ1) is 18.4. The first-order valence-corrected chi connectivity index (χ1v) is 7.84. The van der Waals surface area contributed by atoms with E-state index in [9.17, 15) is 18.0 Å². The number of alkyl halides is 3. The Bertz CT molecular complexity index is 937. The highest BCUT2D eigenvalue weighted by atomic mass is 19.4. The van der Waals surface area contributed by atoms with Crippen LogP contribution in [0.3, 0.4) is 0 Å². The van der Waals surface area contributed by atoms with Crippen molar-refractivity contribution in [1.82, 2.24) is 0 Å². The summed E-state index contributed by atoms with van der Waals surface area (Å²) in [4.78, 5) is 13.3. The molecule has 0 bridgehead atoms. The number of benzene rings is 2. The molecular weight excluding hydrogens is 361 g/mol. The van der Waals surface area contributed by atoms with Gasteiger partial charge in [0.1, 0.15) is 0 Å². The van der Waals surface area contributed by atoms with Gasteiger partial charge in [-0.05, 0) is 30.3 Å². The van der Waals surface area contributed by atoms with Crippen LogP contribution in [0.15, 0.2) is 36.4 Å². The Morgan fingerprint density at radius 3 is 2.70 bits per heavy atom. The number of nitrogens with zero attached hydrogens (tertiary/aromatic N) is 2. The molecule has 9 heteroatoms. The second-order valence-electron chi connectivity index (χ2n) is 5.90. The molecule has 1 aliphatic heterocycles. The topological polar surface area (TPSA) is 77.4 Å². The minimum absolute atomic E-state index is 0.255. The summed E-state index contributed by atoms with van der Waals surface area (Å²) in [6.07, 6.45) is -5.19. The summed E-state index contributed by atoms with van der Waals surface area (Å²) in [5.74, 6) is -0.497. The maximum Gasteiger partial charge on any atom is 0.417 e. The zero-order valence-electron chi connectivity index (χ0n) is 14.4. The molecule has 0 aliphatic carbocycles. The Morgan fingerprint density at radius 1 is 1.33 bits per heavy atom. The zero-order valence-corrected chi connectivity index (χ0v) is 14.4. The summed E-state index contributed by atoms with van der Waals surface area (Å²) in [6, 6.07) is 10.3. The Balaban J connectivity index is 1.88. The van der Waals surface area contributed by atoms with Gasteiger partial charge < -0.3 is 20.3 Å². The molecule has 0 spiro atoms. The quantitative estimate of drug-likeness (QED) is 0.797. The molecule has 27 heavy (non-hydrogen) atoms. The van der Waals surface area contributed by atoms with Crippen LogP contribution in [-0.2, 0) is 10.9 Å². The smallest absolute Gasteiger partial charge is 0.417 e. The summed E-state index contributed by atoms with van der Waals surface area (Å²) < 4.78 is 44.1. The van der Waals surface area contributed by atoms with Crippen LogP contribution >= 0.6 is 0 Å². The van der Waals surface area contributed by atoms with Crippen molar-refractivity contribution in [3.05, 3.63) is 53.1 Å². The molecule has 2 aromatic rings. The molecule has 1 heterocycles. The molecule has 0 saturated carbocycles. The first-order chi connectivity index (χ1) is 12.7. The van der Waals surface area contributed by atoms with E-state index in [1.807, 2.05) is 0 Å². The van der Waals surface area contributed by atoms with E-state index >= 15 is 0 Å². The van der Waals surface area contributed by atoms with Gasteiger partial charge in [0.15, 0.2) is 6.29 Å². The van der Waals surface area contributed by atoms with E-state index in [2.05, 4.69) is 15.4 Å². The number of hydrogen-bond donors (Lipinski definition) is 2. The van der Waals surface area contributed by atoms with Crippen molar-refractivity contribution in [3.8, 4) is 6.07 Å². The minimum Gasteiger partial charge on any atom is -0.465 e. The summed E-state index contributed by atoms with van der Waals surface area (Å²) in [7, 11) is 2.95. The average molecular weight is 376 g/mol. The molecule has 0 radical (unpaired) electrons. The van der Waals surface area contributed by atoms with Crippen LogP contribution in [0.4, 0.5) is 30.2 Å². The zero-order chi connectivity index (χ0) is 19.8. The van der Waals surface area contributed by atoms with E-state index in [4.69, 9.17) is 5.26 Å². The van der Waals surface area contributed by atoms with Crippen LogP contribution in [0, 0.1) is 11.3 Å². The highest BCUT2D eigenvalue weighted by Gasteiger charge is 2.37. The monoisotopic (exact) mass is 376 g/mol. The van der Waals surface area contributed by atoms with Gasteiger partial charge in [-0.2, -0.15) is 18.4 Å². The number of nitriles is 1. The average Bonchev–Trinajstić information content (AvgIpc) is 2.94. The lowest BCUT2D eigenvalue weighted by Gasteiger charge is -2.24. The maximum absolute atomic E-state index is 13.1. The van der Waals surface area contributed by atoms with Gasteiger partial charge in [-0.3, -0.25) is 0 Å². The summed E-state index contributed by atoms with van der Waals surface area (Å²) in [5, 5.41) is 15.1. The van der Waals surface area contributed by atoms with Crippen LogP contribution < -0.4 is 15.5 Å². The number of rotatable bonds is 3. The van der Waals surface area contributed by atoms with Crippen LogP contribution in [0.1, 0.15) is 21.5 Å². The number of ether oxygens (including phenoxy) is 1. The SMILES string of the molecule is COC(=O)c1cccc(NC2Nc3cc(C(F)(F)F)c(C#N)cc3N2C)c1. The van der Waals surface area contributed by atoms with E-state index in [1.165, 1.54) is 13.2 Å². The van der Waals surface area contributed by atoms with Crippen molar-refractivity contribution in [2.75, 3.05) is 29.7 Å². The second-order valence-corrected chi connectivity index (χ2v) is 5.90. The molecule has 0 fully saturated rings. The number of esters is 1. The number of hydrogen-bond acceptors (Lipinski definition) is 6. The fourth-order valence-corrected chi connectivity index (χ4v) is 2.85. The van der Waals surface area contributed by atoms with E-state index in [-0.39, 0.29) is 5.69 Å². The van der Waals surface area contributed by atoms with Gasteiger partial charge in [0.2, 0.25) is 0 Å². The molecule has 1 aliphatic rings. The molecule has 140 valence electrons. The Hall–Kier alpha value is -3.41. The van der Waals surface area contributed by atoms with E-state index in [1.54, 1.807) is 42.3 Å². The van der Waals surface area contributed by atoms with Gasteiger partial charge >= 0.3 is 12.1 Å². The molecule has 3 rings (SSSR count). The highest BCUT2D eigenvalue weighted by molar-refractivity contribution is 5.90. The van der Waals surface area contributed by atoms with Gasteiger partial charge in [0, 0.05) is 12.7 Å². The lowest BCUT2D eigenvalue weighted by molar-refractivity contribution is -0.137. The highest BCUT2D eigenvalue weighted by Crippen LogP contribution is 2.41. The standard InChI is InChI=1S/C18H15F3N4O2/c1-25-15-7-11(9-22)13(18(19,20)21)8-14(15)24-17(25)23-12-5-3-4-10(6-12)16(26)27-2/h3-8,17,23-24H,1-2H3. The van der Waals surface area contributed by atoms with Gasteiger partial charge in [0.05, 0.1) is 41.2 Å². The third-order valence-electron chi connectivity index (χ3n) is 4.21. The van der Waals surface area contributed by atoms with Crippen LogP contribution in [0.25, 0.3) is 0 Å². The summed E-state index contributed by atoms with van der Waals surface area (Å²) in [6.45, 7) is 0. The van der Waals surface area contributed by atoms with Gasteiger partial charge in [-0.25, -0.2) is 4.79 Å². The fraction of sp³-hybridized carbons (Fsp3) is 0.222. The van der Waals surface area contributed by atoms with Gasteiger partial charge in [-0.15, -0.1) is 0 Å². The third-order valence-corrected chi connectivity index (χ3v) is 4.21. The lowest BCUT2D eigenvalue weighted by atomic mass is 10.1. The predicted octanol–water partition coefficient (Wildman–Crippen LogP) is 3.62. The van der Waals surface area contributed by atoms with Crippen molar-refractivity contribution >= 4 is 23.0 Å². The number of fused-ring (bicyclic) bond motifs is 1. The summed E-state index contributed by atoms with van der Waals surface area (Å²) in [5.41, 5.74) is 0.200. The Morgan fingerprint density at radius 2 is 2.07 bits per heavy atom. The van der Waals surface area contributed by atoms with E-state index in [0.29, 0.717) is 16.9 Å². The number of methoxy groups -OCH3 is 1. The molecule has 0 saturated heterocycles. The largest absolute Gasteiger partial charge is 0.465 e. The van der Waals surface area contributed by atoms with Crippen molar-refractivity contribution in [3.63, 3.8) is 0 Å². The number of halogens is 3. The van der Waals surface area contributed by atoms with Crippen molar-refractivity contribution in [2.24, 2.45) is 0 Å². The molecule has 2 aromatic carbocycles. The summed E-state index contributed by atoms with van der Waals surface area (Å²) >= 11 is 0. The van der Waals surface area contributed by atoms with E-state index in [0.717, 1.165) is 6.07 Å². The van der Waals surface area contributed by atoms with Crippen molar-refractivity contribution in [2.45, 2.75) is 12.5 Å². The Labute approximate surface area is 153 Å². The molecule has 1 atom stereocenters. The number of anilines is 3. The number of carbonyl (C=O) groups excluding carboxylic acids is 1. The normalized spacial score (nSPS) is 15.6. The first-order valence-electron chi connectivity index (χ1n) is 7.84. The maximum atomic E-state index is 13.1.